The molecule has 5 heteroatoms. The van der Waals surface area contributed by atoms with E-state index in [1.165, 1.54) is 24.3 Å². The zero-order valence-corrected chi connectivity index (χ0v) is 15.5. The van der Waals surface area contributed by atoms with Gasteiger partial charge in [0.15, 0.2) is 11.6 Å². The molecule has 27 heavy (non-hydrogen) atoms. The van der Waals surface area contributed by atoms with Gasteiger partial charge in [-0.3, -0.25) is 0 Å². The van der Waals surface area contributed by atoms with Gasteiger partial charge < -0.3 is 9.47 Å². The topological polar surface area (TPSA) is 18.5 Å². The van der Waals surface area contributed by atoms with E-state index >= 15 is 0 Å². The second-order valence-corrected chi connectivity index (χ2v) is 6.58. The summed E-state index contributed by atoms with van der Waals surface area (Å²) in [5.74, 6) is -2.47. The minimum atomic E-state index is -1.04. The fourth-order valence-corrected chi connectivity index (χ4v) is 3.44. The zero-order chi connectivity index (χ0) is 19.4. The first-order valence-electron chi connectivity index (χ1n) is 9.20. The molecule has 0 amide bonds. The van der Waals surface area contributed by atoms with E-state index < -0.39 is 17.5 Å². The smallest absolute Gasteiger partial charge is 0.167 e. The molecule has 1 saturated heterocycles. The summed E-state index contributed by atoms with van der Waals surface area (Å²) in [5, 5.41) is 0. The number of allylic oxidation sites excluding steroid dienone is 1. The Morgan fingerprint density at radius 3 is 2.48 bits per heavy atom. The number of rotatable bonds is 5. The minimum Gasteiger partial charge on any atom is -0.494 e. The molecule has 0 aromatic heterocycles. The maximum Gasteiger partial charge on any atom is 0.167 e. The lowest BCUT2D eigenvalue weighted by molar-refractivity contribution is 0.0317. The number of hydrogen-bond donors (Lipinski definition) is 0. The SMILES string of the molecule is C/C=C/C1CCC(c2ccc(-c3ccc(OCC)cc3F)c(F)c2F)CO1. The van der Waals surface area contributed by atoms with Gasteiger partial charge >= 0.3 is 0 Å². The Hall–Kier alpha value is -2.27. The lowest BCUT2D eigenvalue weighted by Crippen LogP contribution is -2.24. The summed E-state index contributed by atoms with van der Waals surface area (Å²) in [6.07, 6.45) is 5.38. The van der Waals surface area contributed by atoms with Gasteiger partial charge in [0.05, 0.1) is 19.3 Å². The second kappa shape index (κ2) is 8.61. The highest BCUT2D eigenvalue weighted by Gasteiger charge is 2.26. The third-order valence-corrected chi connectivity index (χ3v) is 4.81. The van der Waals surface area contributed by atoms with Crippen LogP contribution in [0.1, 0.15) is 38.2 Å². The number of hydrogen-bond acceptors (Lipinski definition) is 2. The van der Waals surface area contributed by atoms with Crippen molar-refractivity contribution in [1.29, 1.82) is 0 Å². The molecule has 2 aromatic rings. The summed E-state index contributed by atoms with van der Waals surface area (Å²) in [7, 11) is 0. The van der Waals surface area contributed by atoms with E-state index in [9.17, 15) is 13.2 Å². The molecule has 2 unspecified atom stereocenters. The van der Waals surface area contributed by atoms with Gasteiger partial charge in [-0.15, -0.1) is 0 Å². The average molecular weight is 376 g/mol. The molecule has 3 rings (SSSR count). The molecule has 0 aliphatic carbocycles. The van der Waals surface area contributed by atoms with Crippen molar-refractivity contribution in [2.45, 2.75) is 38.7 Å². The Morgan fingerprint density at radius 2 is 1.85 bits per heavy atom. The van der Waals surface area contributed by atoms with Gasteiger partial charge in [-0.25, -0.2) is 13.2 Å². The van der Waals surface area contributed by atoms with Crippen molar-refractivity contribution in [3.05, 3.63) is 65.5 Å². The Balaban J connectivity index is 1.86. The molecule has 0 saturated carbocycles. The van der Waals surface area contributed by atoms with Crippen LogP contribution in [0.5, 0.6) is 5.75 Å². The van der Waals surface area contributed by atoms with Crippen LogP contribution in [0.4, 0.5) is 13.2 Å². The van der Waals surface area contributed by atoms with Crippen LogP contribution in [0.2, 0.25) is 0 Å². The summed E-state index contributed by atoms with van der Waals surface area (Å²) >= 11 is 0. The summed E-state index contributed by atoms with van der Waals surface area (Å²) in [6.45, 7) is 4.44. The molecule has 2 atom stereocenters. The van der Waals surface area contributed by atoms with Crippen LogP contribution < -0.4 is 4.74 Å². The first-order valence-corrected chi connectivity index (χ1v) is 9.20. The predicted molar refractivity (Wildman–Crippen MR) is 99.5 cm³/mol. The van der Waals surface area contributed by atoms with Crippen molar-refractivity contribution < 1.29 is 22.6 Å². The van der Waals surface area contributed by atoms with Crippen LogP contribution in [0.3, 0.4) is 0 Å². The molecule has 1 fully saturated rings. The largest absolute Gasteiger partial charge is 0.494 e. The maximum atomic E-state index is 14.7. The van der Waals surface area contributed by atoms with Gasteiger partial charge in [0.1, 0.15) is 11.6 Å². The lowest BCUT2D eigenvalue weighted by Gasteiger charge is -2.28. The number of ether oxygens (including phenoxy) is 2. The summed E-state index contributed by atoms with van der Waals surface area (Å²) in [6, 6.07) is 7.10. The summed E-state index contributed by atoms with van der Waals surface area (Å²) in [4.78, 5) is 0. The standard InChI is InChI=1S/C22H23F3O2/c1-3-5-15-7-6-14(13-27-15)17-10-11-19(22(25)21(17)24)18-9-8-16(26-4-2)12-20(18)23/h3,5,8-12,14-15H,4,6-7,13H2,1-2H3/b5-3+. The first kappa shape index (κ1) is 19.5. The van der Waals surface area contributed by atoms with Crippen molar-refractivity contribution in [2.24, 2.45) is 0 Å². The fourth-order valence-electron chi connectivity index (χ4n) is 3.44. The van der Waals surface area contributed by atoms with Gasteiger partial charge in [0, 0.05) is 23.1 Å². The van der Waals surface area contributed by atoms with Crippen LogP contribution in [0, 0.1) is 17.5 Å². The van der Waals surface area contributed by atoms with Gasteiger partial charge in [0.2, 0.25) is 0 Å². The van der Waals surface area contributed by atoms with Gasteiger partial charge in [0.25, 0.3) is 0 Å². The summed E-state index contributed by atoms with van der Waals surface area (Å²) < 4.78 is 54.7. The van der Waals surface area contributed by atoms with E-state index in [2.05, 4.69) is 0 Å². The molecule has 1 aliphatic rings. The van der Waals surface area contributed by atoms with Crippen molar-refractivity contribution in [2.75, 3.05) is 13.2 Å². The van der Waals surface area contributed by atoms with Gasteiger partial charge in [-0.1, -0.05) is 24.3 Å². The number of benzene rings is 2. The van der Waals surface area contributed by atoms with Crippen LogP contribution in [0.25, 0.3) is 11.1 Å². The van der Waals surface area contributed by atoms with Gasteiger partial charge in [-0.05, 0) is 44.4 Å². The summed E-state index contributed by atoms with van der Waals surface area (Å²) in [5.41, 5.74) is 0.191. The Labute approximate surface area is 157 Å². The van der Waals surface area contributed by atoms with Crippen molar-refractivity contribution in [3.8, 4) is 16.9 Å². The average Bonchev–Trinajstić information content (AvgIpc) is 2.66. The van der Waals surface area contributed by atoms with E-state index in [-0.39, 0.29) is 28.7 Å². The van der Waals surface area contributed by atoms with Gasteiger partial charge in [-0.2, -0.15) is 0 Å². The van der Waals surface area contributed by atoms with Crippen LogP contribution >= 0.6 is 0 Å². The Bertz CT molecular complexity index is 825. The molecular weight excluding hydrogens is 353 g/mol. The normalized spacial score (nSPS) is 20.2. The van der Waals surface area contributed by atoms with Crippen LogP contribution in [-0.4, -0.2) is 19.3 Å². The third-order valence-electron chi connectivity index (χ3n) is 4.81. The quantitative estimate of drug-likeness (QED) is 0.595. The fraction of sp³-hybridized carbons (Fsp3) is 0.364. The molecule has 1 heterocycles. The van der Waals surface area contributed by atoms with Crippen molar-refractivity contribution in [3.63, 3.8) is 0 Å². The molecule has 0 radical (unpaired) electrons. The molecule has 0 N–H and O–H groups in total. The van der Waals surface area contributed by atoms with E-state index in [0.717, 1.165) is 6.42 Å². The number of halogens is 3. The maximum absolute atomic E-state index is 14.7. The van der Waals surface area contributed by atoms with E-state index in [4.69, 9.17) is 9.47 Å². The monoisotopic (exact) mass is 376 g/mol. The highest BCUT2D eigenvalue weighted by atomic mass is 19.2. The molecule has 1 aliphatic heterocycles. The molecule has 2 nitrogen and oxygen atoms in total. The highest BCUT2D eigenvalue weighted by molar-refractivity contribution is 5.66. The second-order valence-electron chi connectivity index (χ2n) is 6.58. The molecule has 2 aromatic carbocycles. The van der Waals surface area contributed by atoms with Crippen molar-refractivity contribution in [1.82, 2.24) is 0 Å². The molecule has 0 bridgehead atoms. The Kier molecular flexibility index (Phi) is 6.22. The van der Waals surface area contributed by atoms with E-state index in [1.54, 1.807) is 13.0 Å². The molecular formula is C22H23F3O2. The Morgan fingerprint density at radius 1 is 1.07 bits per heavy atom. The molecule has 0 spiro atoms. The predicted octanol–water partition coefficient (Wildman–Crippen LogP) is 6.01. The highest BCUT2D eigenvalue weighted by Crippen LogP contribution is 2.35. The first-order chi connectivity index (χ1) is 13.0. The minimum absolute atomic E-state index is 0.00874. The molecule has 144 valence electrons. The van der Waals surface area contributed by atoms with Crippen LogP contribution in [0.15, 0.2) is 42.5 Å². The van der Waals surface area contributed by atoms with E-state index in [1.807, 2.05) is 19.1 Å². The lowest BCUT2D eigenvalue weighted by atomic mass is 9.89. The third kappa shape index (κ3) is 4.19. The van der Waals surface area contributed by atoms with E-state index in [0.29, 0.717) is 25.4 Å². The zero-order valence-electron chi connectivity index (χ0n) is 15.5. The van der Waals surface area contributed by atoms with Crippen molar-refractivity contribution >= 4 is 0 Å². The van der Waals surface area contributed by atoms with Crippen LogP contribution in [-0.2, 0) is 4.74 Å².